The van der Waals surface area contributed by atoms with Crippen LogP contribution in [0.4, 0.5) is 14.6 Å². The van der Waals surface area contributed by atoms with Crippen molar-refractivity contribution in [2.75, 3.05) is 31.1 Å². The van der Waals surface area contributed by atoms with Crippen LogP contribution in [0.2, 0.25) is 0 Å². The zero-order valence-corrected chi connectivity index (χ0v) is 12.6. The Kier molecular flexibility index (Phi) is 4.34. The maximum absolute atomic E-state index is 13.8. The lowest BCUT2D eigenvalue weighted by molar-refractivity contribution is 0.246. The number of rotatable bonds is 3. The van der Waals surface area contributed by atoms with E-state index in [9.17, 15) is 8.78 Å². The smallest absolute Gasteiger partial charge is 0.141 e. The zero-order chi connectivity index (χ0) is 15.5. The molecule has 1 saturated heterocycles. The fourth-order valence-corrected chi connectivity index (χ4v) is 2.76. The van der Waals surface area contributed by atoms with Crippen LogP contribution >= 0.6 is 0 Å². The largest absolute Gasteiger partial charge is 0.354 e. The highest BCUT2D eigenvalue weighted by atomic mass is 19.1. The Bertz CT molecular complexity index is 635. The summed E-state index contributed by atoms with van der Waals surface area (Å²) in [6.07, 6.45) is 1.24. The number of halogens is 2. The van der Waals surface area contributed by atoms with E-state index < -0.39 is 0 Å². The Balaban J connectivity index is 1.60. The molecule has 2 heterocycles. The molecular weight excluding hydrogens is 284 g/mol. The summed E-state index contributed by atoms with van der Waals surface area (Å²) in [4.78, 5) is 8.47. The minimum Gasteiger partial charge on any atom is -0.354 e. The minimum absolute atomic E-state index is 0.145. The quantitative estimate of drug-likeness (QED) is 0.869. The van der Waals surface area contributed by atoms with Gasteiger partial charge in [-0.15, -0.1) is 0 Å². The van der Waals surface area contributed by atoms with E-state index >= 15 is 0 Å². The lowest BCUT2D eigenvalue weighted by Gasteiger charge is -2.35. The molecule has 0 amide bonds. The van der Waals surface area contributed by atoms with Crippen LogP contribution in [0.25, 0.3) is 0 Å². The molecule has 0 spiro atoms. The van der Waals surface area contributed by atoms with E-state index in [4.69, 9.17) is 0 Å². The Labute approximate surface area is 129 Å². The maximum atomic E-state index is 13.8. The molecule has 116 valence electrons. The van der Waals surface area contributed by atoms with Gasteiger partial charge in [0, 0.05) is 38.3 Å². The molecular formula is C17H19F2N3. The molecule has 0 bridgehead atoms. The van der Waals surface area contributed by atoms with Gasteiger partial charge in [-0.3, -0.25) is 4.90 Å². The molecule has 0 radical (unpaired) electrons. The number of aromatic nitrogens is 1. The van der Waals surface area contributed by atoms with Crippen LogP contribution in [-0.2, 0) is 6.54 Å². The Morgan fingerprint density at radius 3 is 2.50 bits per heavy atom. The van der Waals surface area contributed by atoms with Gasteiger partial charge in [0.15, 0.2) is 0 Å². The van der Waals surface area contributed by atoms with Gasteiger partial charge >= 0.3 is 0 Å². The van der Waals surface area contributed by atoms with Gasteiger partial charge in [0.1, 0.15) is 17.5 Å². The summed E-state index contributed by atoms with van der Waals surface area (Å²) >= 11 is 0. The highest BCUT2D eigenvalue weighted by Gasteiger charge is 2.19. The first-order chi connectivity index (χ1) is 10.6. The molecule has 0 aliphatic carbocycles. The van der Waals surface area contributed by atoms with Gasteiger partial charge in [-0.25, -0.2) is 13.8 Å². The molecule has 0 saturated carbocycles. The van der Waals surface area contributed by atoms with Gasteiger partial charge in [0.25, 0.3) is 0 Å². The summed E-state index contributed by atoms with van der Waals surface area (Å²) < 4.78 is 26.7. The van der Waals surface area contributed by atoms with Gasteiger partial charge in [-0.1, -0.05) is 17.7 Å². The molecule has 1 aliphatic rings. The fraction of sp³-hybridized carbons (Fsp3) is 0.353. The summed E-state index contributed by atoms with van der Waals surface area (Å²) in [6.45, 7) is 5.90. The van der Waals surface area contributed by atoms with Crippen LogP contribution in [0.1, 0.15) is 11.1 Å². The van der Waals surface area contributed by atoms with Crippen LogP contribution in [0.3, 0.4) is 0 Å². The van der Waals surface area contributed by atoms with E-state index in [1.54, 1.807) is 12.1 Å². The van der Waals surface area contributed by atoms with Crippen LogP contribution in [0, 0.1) is 18.6 Å². The van der Waals surface area contributed by atoms with Gasteiger partial charge in [-0.2, -0.15) is 0 Å². The Morgan fingerprint density at radius 1 is 1.05 bits per heavy atom. The second kappa shape index (κ2) is 6.40. The third kappa shape index (κ3) is 3.42. The summed E-state index contributed by atoms with van der Waals surface area (Å²) in [5.41, 5.74) is 1.82. The summed E-state index contributed by atoms with van der Waals surface area (Å²) in [5.74, 6) is 0.327. The second-order valence-corrected chi connectivity index (χ2v) is 5.69. The molecule has 5 heteroatoms. The van der Waals surface area contributed by atoms with E-state index in [-0.39, 0.29) is 11.6 Å². The molecule has 0 N–H and O–H groups in total. The average Bonchev–Trinajstić information content (AvgIpc) is 2.53. The number of anilines is 1. The lowest BCUT2D eigenvalue weighted by Crippen LogP contribution is -2.46. The number of piperazine rings is 1. The summed E-state index contributed by atoms with van der Waals surface area (Å²) in [6, 6.07) is 8.35. The third-order valence-electron chi connectivity index (χ3n) is 4.00. The topological polar surface area (TPSA) is 19.4 Å². The number of hydrogen-bond acceptors (Lipinski definition) is 3. The Morgan fingerprint density at radius 2 is 1.82 bits per heavy atom. The van der Waals surface area contributed by atoms with Crippen molar-refractivity contribution >= 4 is 5.82 Å². The monoisotopic (exact) mass is 303 g/mol. The highest BCUT2D eigenvalue weighted by molar-refractivity contribution is 5.38. The molecule has 1 aromatic carbocycles. The summed E-state index contributed by atoms with van der Waals surface area (Å²) in [7, 11) is 0. The number of aryl methyl sites for hydroxylation is 1. The lowest BCUT2D eigenvalue weighted by atomic mass is 10.1. The van der Waals surface area contributed by atoms with Crippen molar-refractivity contribution < 1.29 is 8.78 Å². The van der Waals surface area contributed by atoms with Crippen molar-refractivity contribution in [1.29, 1.82) is 0 Å². The summed E-state index contributed by atoms with van der Waals surface area (Å²) in [5, 5.41) is 0. The van der Waals surface area contributed by atoms with E-state index in [2.05, 4.69) is 14.8 Å². The van der Waals surface area contributed by atoms with Crippen LogP contribution in [0.5, 0.6) is 0 Å². The number of hydrogen-bond donors (Lipinski definition) is 0. The van der Waals surface area contributed by atoms with Crippen LogP contribution in [-0.4, -0.2) is 36.1 Å². The van der Waals surface area contributed by atoms with Gasteiger partial charge in [-0.05, 0) is 25.1 Å². The number of nitrogens with zero attached hydrogens (tertiary/aromatic N) is 3. The first kappa shape index (κ1) is 14.9. The van der Waals surface area contributed by atoms with Gasteiger partial charge < -0.3 is 4.90 Å². The van der Waals surface area contributed by atoms with Crippen molar-refractivity contribution in [1.82, 2.24) is 9.88 Å². The fourth-order valence-electron chi connectivity index (χ4n) is 2.76. The first-order valence-corrected chi connectivity index (χ1v) is 7.46. The van der Waals surface area contributed by atoms with Gasteiger partial charge in [0.2, 0.25) is 0 Å². The normalized spacial score (nSPS) is 16.0. The predicted octanol–water partition coefficient (Wildman–Crippen LogP) is 2.99. The van der Waals surface area contributed by atoms with E-state index in [1.165, 1.54) is 18.3 Å². The van der Waals surface area contributed by atoms with Crippen molar-refractivity contribution in [2.24, 2.45) is 0 Å². The third-order valence-corrected chi connectivity index (χ3v) is 4.00. The molecule has 1 aliphatic heterocycles. The van der Waals surface area contributed by atoms with E-state index in [0.29, 0.717) is 6.54 Å². The van der Waals surface area contributed by atoms with E-state index in [1.807, 2.05) is 13.0 Å². The molecule has 1 fully saturated rings. The van der Waals surface area contributed by atoms with Gasteiger partial charge in [0.05, 0.1) is 6.20 Å². The first-order valence-electron chi connectivity index (χ1n) is 7.46. The molecule has 2 aromatic rings. The maximum Gasteiger partial charge on any atom is 0.141 e. The molecule has 22 heavy (non-hydrogen) atoms. The standard InChI is InChI=1S/C17H19F2N3/c1-13-2-4-16(19)14(10-13)12-21-6-8-22(9-7-21)17-5-3-15(18)11-20-17/h2-5,10-11H,6-9,12H2,1H3. The van der Waals surface area contributed by atoms with Crippen LogP contribution < -0.4 is 4.90 Å². The molecule has 0 unspecified atom stereocenters. The van der Waals surface area contributed by atoms with Crippen molar-refractivity contribution in [3.05, 3.63) is 59.3 Å². The van der Waals surface area contributed by atoms with Crippen molar-refractivity contribution in [3.8, 4) is 0 Å². The predicted molar refractivity (Wildman–Crippen MR) is 82.8 cm³/mol. The number of benzene rings is 1. The molecule has 3 nitrogen and oxygen atoms in total. The second-order valence-electron chi connectivity index (χ2n) is 5.69. The molecule has 3 rings (SSSR count). The molecule has 0 atom stereocenters. The van der Waals surface area contributed by atoms with Crippen LogP contribution in [0.15, 0.2) is 36.5 Å². The highest BCUT2D eigenvalue weighted by Crippen LogP contribution is 2.17. The average molecular weight is 303 g/mol. The van der Waals surface area contributed by atoms with E-state index in [0.717, 1.165) is 43.1 Å². The minimum atomic E-state index is -0.322. The van der Waals surface area contributed by atoms with Crippen molar-refractivity contribution in [3.63, 3.8) is 0 Å². The molecule has 1 aromatic heterocycles. The number of pyridine rings is 1. The van der Waals surface area contributed by atoms with Crippen molar-refractivity contribution in [2.45, 2.75) is 13.5 Å². The Hall–Kier alpha value is -2.01. The SMILES string of the molecule is Cc1ccc(F)c(CN2CCN(c3ccc(F)cn3)CC2)c1. The zero-order valence-electron chi connectivity index (χ0n) is 12.6.